The zero-order chi connectivity index (χ0) is 29.2. The van der Waals surface area contributed by atoms with E-state index in [4.69, 9.17) is 9.16 Å². The summed E-state index contributed by atoms with van der Waals surface area (Å²) in [6, 6.07) is 16.3. The van der Waals surface area contributed by atoms with Gasteiger partial charge in [-0.3, -0.25) is 0 Å². The van der Waals surface area contributed by atoms with E-state index in [9.17, 15) is 4.79 Å². The Kier molecular flexibility index (Phi) is 8.80. The van der Waals surface area contributed by atoms with Crippen molar-refractivity contribution in [3.8, 4) is 5.75 Å². The van der Waals surface area contributed by atoms with Gasteiger partial charge >= 0.3 is 6.09 Å². The van der Waals surface area contributed by atoms with Crippen molar-refractivity contribution in [1.82, 2.24) is 0 Å². The summed E-state index contributed by atoms with van der Waals surface area (Å²) in [6.45, 7) is 21.3. The first-order valence-corrected chi connectivity index (χ1v) is 17.8. The van der Waals surface area contributed by atoms with Crippen LogP contribution >= 0.6 is 11.8 Å². The number of fused-ring (bicyclic) bond motifs is 2. The third-order valence-electron chi connectivity index (χ3n) is 7.70. The Balaban J connectivity index is 1.60. The van der Waals surface area contributed by atoms with Crippen molar-refractivity contribution >= 4 is 48.9 Å². The minimum Gasteiger partial charge on any atom is -0.544 e. The van der Waals surface area contributed by atoms with Gasteiger partial charge < -0.3 is 19.8 Å². The molecule has 1 amide bonds. The lowest BCUT2D eigenvalue weighted by Gasteiger charge is -2.36. The molecule has 0 radical (unpaired) electrons. The summed E-state index contributed by atoms with van der Waals surface area (Å²) in [5, 5.41) is 7.00. The Bertz CT molecular complexity index is 1320. The summed E-state index contributed by atoms with van der Waals surface area (Å²) in [5.41, 5.74) is 6.92. The summed E-state index contributed by atoms with van der Waals surface area (Å²) in [4.78, 5) is 17.5. The predicted molar refractivity (Wildman–Crippen MR) is 171 cm³/mol. The number of anilines is 4. The first kappa shape index (κ1) is 29.9. The van der Waals surface area contributed by atoms with Crippen molar-refractivity contribution in [3.05, 3.63) is 65.2 Å². The molecule has 0 aliphatic carbocycles. The molecule has 3 aromatic rings. The van der Waals surface area contributed by atoms with E-state index in [0.29, 0.717) is 0 Å². The summed E-state index contributed by atoms with van der Waals surface area (Å²) in [6.07, 6.45) is -0.393. The van der Waals surface area contributed by atoms with Crippen molar-refractivity contribution in [2.75, 3.05) is 28.6 Å². The lowest BCUT2D eigenvalue weighted by atomic mass is 10.1. The number of amides is 1. The van der Waals surface area contributed by atoms with Gasteiger partial charge in [0.25, 0.3) is 0 Å². The maximum Gasteiger partial charge on any atom is 0.419 e. The molecule has 1 heterocycles. The van der Waals surface area contributed by atoms with E-state index in [2.05, 4.69) is 96.5 Å². The van der Waals surface area contributed by atoms with E-state index >= 15 is 0 Å². The molecule has 1 aliphatic rings. The van der Waals surface area contributed by atoms with Gasteiger partial charge in [0.15, 0.2) is 0 Å². The number of carbonyl (C=O) groups is 1. The molecule has 0 saturated carbocycles. The summed E-state index contributed by atoms with van der Waals surface area (Å²) in [5.74, 6) is 0.858. The van der Waals surface area contributed by atoms with Crippen LogP contribution in [0.25, 0.3) is 0 Å². The molecule has 0 atom stereocenters. The van der Waals surface area contributed by atoms with Crippen molar-refractivity contribution in [2.45, 2.75) is 83.0 Å². The number of hydrogen-bond donors (Lipinski definition) is 2. The summed E-state index contributed by atoms with van der Waals surface area (Å²) >= 11 is 1.68. The lowest BCUT2D eigenvalue weighted by molar-refractivity contribution is 0.149. The highest BCUT2D eigenvalue weighted by Gasteiger charge is 2.39. The van der Waals surface area contributed by atoms with Gasteiger partial charge in [-0.15, -0.1) is 0 Å². The van der Waals surface area contributed by atoms with Crippen LogP contribution in [-0.4, -0.2) is 27.5 Å². The first-order chi connectivity index (χ1) is 18.8. The molecule has 40 heavy (non-hydrogen) atoms. The summed E-state index contributed by atoms with van der Waals surface area (Å²) in [7, 11) is -1.92. The van der Waals surface area contributed by atoms with Crippen LogP contribution in [0.15, 0.2) is 58.3 Å². The first-order valence-electron chi connectivity index (χ1n) is 14.0. The largest absolute Gasteiger partial charge is 0.544 e. The van der Waals surface area contributed by atoms with Gasteiger partial charge in [-0.05, 0) is 98.9 Å². The Morgan fingerprint density at radius 2 is 1.38 bits per heavy atom. The summed E-state index contributed by atoms with van der Waals surface area (Å²) < 4.78 is 12.3. The second kappa shape index (κ2) is 11.8. The van der Waals surface area contributed by atoms with Gasteiger partial charge in [0.05, 0.1) is 11.4 Å². The number of ether oxygens (including phenoxy) is 1. The number of hydrogen-bond acceptors (Lipinski definition) is 6. The van der Waals surface area contributed by atoms with E-state index in [-0.39, 0.29) is 11.6 Å². The number of nitrogens with one attached hydrogen (secondary N) is 2. The number of carbonyl (C=O) groups excluding carboxylic acids is 1. The van der Waals surface area contributed by atoms with Gasteiger partial charge in [0, 0.05) is 34.3 Å². The highest BCUT2D eigenvalue weighted by Crippen LogP contribution is 2.51. The molecule has 0 spiro atoms. The SMILES string of the molecule is CCNc1cc2c(cc1C)N(C(=O)OCc1ccc(O[Si](C)(C)C(C)(C)C)cc1)c1cc(C)c(NCC)cc1S2. The maximum atomic E-state index is 13.7. The molecule has 6 nitrogen and oxygen atoms in total. The molecule has 0 aromatic heterocycles. The fourth-order valence-corrected chi connectivity index (χ4v) is 6.51. The molecular formula is C32H43N3O3SSi. The van der Waals surface area contributed by atoms with Gasteiger partial charge in [0.2, 0.25) is 8.32 Å². The van der Waals surface area contributed by atoms with Crippen molar-refractivity contribution in [3.63, 3.8) is 0 Å². The maximum absolute atomic E-state index is 13.7. The predicted octanol–water partition coefficient (Wildman–Crippen LogP) is 9.49. The van der Waals surface area contributed by atoms with Crippen LogP contribution < -0.4 is 20.0 Å². The van der Waals surface area contributed by atoms with Crippen LogP contribution in [0.3, 0.4) is 0 Å². The number of aryl methyl sites for hydroxylation is 2. The number of rotatable bonds is 8. The third kappa shape index (κ3) is 6.28. The van der Waals surface area contributed by atoms with Gasteiger partial charge in [-0.25, -0.2) is 9.69 Å². The van der Waals surface area contributed by atoms with Crippen LogP contribution in [0.4, 0.5) is 27.5 Å². The smallest absolute Gasteiger partial charge is 0.419 e. The minimum atomic E-state index is -1.92. The standard InChI is InChI=1S/C32H43N3O3SSi/c1-10-33-25-18-29-27(16-21(25)3)35(28-17-22(4)26(34-11-2)19-30(28)39-29)31(36)37-20-23-12-14-24(15-13-23)38-40(8,9)32(5,6)7/h12-19,33-34H,10-11,20H2,1-9H3. The Morgan fingerprint density at radius 3 is 1.82 bits per heavy atom. The number of benzene rings is 3. The van der Waals surface area contributed by atoms with Gasteiger partial charge in [-0.1, -0.05) is 44.7 Å². The van der Waals surface area contributed by atoms with Gasteiger partial charge in [0.1, 0.15) is 12.4 Å². The molecule has 2 N–H and O–H groups in total. The highest BCUT2D eigenvalue weighted by molar-refractivity contribution is 7.99. The number of nitrogens with zero attached hydrogens (tertiary/aromatic N) is 1. The van der Waals surface area contributed by atoms with Gasteiger partial charge in [-0.2, -0.15) is 0 Å². The van der Waals surface area contributed by atoms with E-state index < -0.39 is 14.4 Å². The second-order valence-corrected chi connectivity index (χ2v) is 17.6. The Labute approximate surface area is 245 Å². The van der Waals surface area contributed by atoms with E-state index in [0.717, 1.165) is 68.1 Å². The minimum absolute atomic E-state index is 0.123. The lowest BCUT2D eigenvalue weighted by Crippen LogP contribution is -2.43. The molecular weight excluding hydrogens is 535 g/mol. The molecule has 1 aliphatic heterocycles. The van der Waals surface area contributed by atoms with Crippen LogP contribution in [0, 0.1) is 13.8 Å². The molecule has 0 saturated heterocycles. The molecule has 4 rings (SSSR count). The zero-order valence-corrected chi connectivity index (χ0v) is 27.1. The zero-order valence-electron chi connectivity index (χ0n) is 25.3. The van der Waals surface area contributed by atoms with Crippen molar-refractivity contribution < 1.29 is 14.0 Å². The molecule has 0 fully saturated rings. The van der Waals surface area contributed by atoms with E-state index in [1.165, 1.54) is 0 Å². The molecule has 214 valence electrons. The Hall–Kier alpha value is -3.10. The average molecular weight is 578 g/mol. The van der Waals surface area contributed by atoms with Crippen LogP contribution in [-0.2, 0) is 11.3 Å². The Morgan fingerprint density at radius 1 is 0.875 bits per heavy atom. The molecule has 3 aromatic carbocycles. The highest BCUT2D eigenvalue weighted by atomic mass is 32.2. The fourth-order valence-electron chi connectivity index (χ4n) is 4.38. The topological polar surface area (TPSA) is 62.8 Å². The molecule has 8 heteroatoms. The quantitative estimate of drug-likeness (QED) is 0.260. The average Bonchev–Trinajstić information content (AvgIpc) is 2.88. The molecule has 0 unspecified atom stereocenters. The van der Waals surface area contributed by atoms with Crippen LogP contribution in [0.1, 0.15) is 51.3 Å². The van der Waals surface area contributed by atoms with Crippen molar-refractivity contribution in [1.29, 1.82) is 0 Å². The second-order valence-electron chi connectivity index (χ2n) is 11.8. The van der Waals surface area contributed by atoms with Crippen LogP contribution in [0.2, 0.25) is 18.1 Å². The molecule has 0 bridgehead atoms. The normalized spacial score (nSPS) is 12.9. The fraction of sp³-hybridized carbons (Fsp3) is 0.406. The third-order valence-corrected chi connectivity index (χ3v) is 13.1. The monoisotopic (exact) mass is 577 g/mol. The van der Waals surface area contributed by atoms with E-state index in [1.807, 2.05) is 24.3 Å². The van der Waals surface area contributed by atoms with Crippen LogP contribution in [0.5, 0.6) is 5.75 Å². The van der Waals surface area contributed by atoms with Crippen molar-refractivity contribution in [2.24, 2.45) is 0 Å². The van der Waals surface area contributed by atoms with E-state index in [1.54, 1.807) is 16.7 Å².